The number of fused-ring (bicyclic) bond motifs is 6. The summed E-state index contributed by atoms with van der Waals surface area (Å²) in [6, 6.07) is 14.2. The molecule has 1 saturated heterocycles. The molecule has 1 aromatic heterocycles. The number of carbonyl (C=O) groups is 3. The predicted octanol–water partition coefficient (Wildman–Crippen LogP) is 6.65. The summed E-state index contributed by atoms with van der Waals surface area (Å²) in [5, 5.41) is 20.4. The van der Waals surface area contributed by atoms with Crippen molar-refractivity contribution in [2.75, 3.05) is 29.0 Å². The number of carboxylic acid groups (broad SMARTS) is 1. The highest BCUT2D eigenvalue weighted by atomic mass is 35.5. The van der Waals surface area contributed by atoms with Crippen LogP contribution in [-0.4, -0.2) is 63.2 Å². The van der Waals surface area contributed by atoms with Gasteiger partial charge < -0.3 is 31.3 Å². The average molecular weight is 674 g/mol. The second-order valence-corrected chi connectivity index (χ2v) is 12.1. The van der Waals surface area contributed by atoms with Gasteiger partial charge in [-0.15, -0.1) is 0 Å². The fourth-order valence-electron chi connectivity index (χ4n) is 5.81. The standard InChI is InChI=1S/C30H34ClN7O2.C2HF3O2/c31-25-17-32-29-34-23-9-3-5-19(15-23)10-11-20-16-24(33-27(25)37-29)12-13-26(20)36-28(39)21-6-4-14-38(18-21)30(40)35-22-7-1-2-8-22;3-2(4,5)1(6)7/h3,5,9,12-13,15-17,21-22H,1-2,4,6-8,10-11,14,18H2,(H,35,40)(H,36,39)(H2,32,33,34,37);(H,6,7). The van der Waals surface area contributed by atoms with Crippen molar-refractivity contribution in [3.8, 4) is 0 Å². The Bertz CT molecular complexity index is 1620. The molecule has 2 fully saturated rings. The number of nitrogens with zero attached hydrogens (tertiary/aromatic N) is 3. The number of aromatic nitrogens is 2. The molecule has 3 aromatic rings. The van der Waals surface area contributed by atoms with Gasteiger partial charge in [-0.05, 0) is 80.0 Å². The fourth-order valence-corrected chi connectivity index (χ4v) is 5.95. The predicted molar refractivity (Wildman–Crippen MR) is 171 cm³/mol. The Morgan fingerprint density at radius 1 is 0.979 bits per heavy atom. The van der Waals surface area contributed by atoms with Crippen LogP contribution < -0.4 is 21.3 Å². The van der Waals surface area contributed by atoms with Crippen LogP contribution in [0.4, 0.5) is 46.8 Å². The Labute approximate surface area is 274 Å². The molecule has 1 atom stereocenters. The smallest absolute Gasteiger partial charge is 0.475 e. The molecule has 250 valence electrons. The molecule has 3 amide bonds. The molecule has 6 rings (SSSR count). The number of carbonyl (C=O) groups excluding carboxylic acids is 2. The average Bonchev–Trinajstić information content (AvgIpc) is 3.55. The Kier molecular flexibility index (Phi) is 10.7. The summed E-state index contributed by atoms with van der Waals surface area (Å²) in [7, 11) is 0. The van der Waals surface area contributed by atoms with Crippen LogP contribution in [0, 0.1) is 5.92 Å². The molecule has 3 aliphatic rings. The Morgan fingerprint density at radius 2 is 1.72 bits per heavy atom. The summed E-state index contributed by atoms with van der Waals surface area (Å²) in [5.74, 6) is -2.11. The van der Waals surface area contributed by atoms with Crippen molar-refractivity contribution in [3.63, 3.8) is 0 Å². The van der Waals surface area contributed by atoms with E-state index in [1.807, 2.05) is 35.2 Å². The highest BCUT2D eigenvalue weighted by molar-refractivity contribution is 6.32. The number of likely N-dealkylation sites (tertiary alicyclic amines) is 1. The molecule has 0 radical (unpaired) electrons. The molecule has 1 saturated carbocycles. The number of hydrogen-bond acceptors (Lipinski definition) is 7. The van der Waals surface area contributed by atoms with E-state index in [1.165, 1.54) is 12.8 Å². The number of rotatable bonds is 3. The van der Waals surface area contributed by atoms with Crippen LogP contribution in [-0.2, 0) is 22.4 Å². The van der Waals surface area contributed by atoms with E-state index in [0.717, 1.165) is 66.7 Å². The third-order valence-electron chi connectivity index (χ3n) is 8.24. The Balaban J connectivity index is 0.000000559. The van der Waals surface area contributed by atoms with Gasteiger partial charge in [-0.3, -0.25) is 4.79 Å². The third-order valence-corrected chi connectivity index (χ3v) is 8.52. The molecule has 47 heavy (non-hydrogen) atoms. The van der Waals surface area contributed by atoms with E-state index in [0.29, 0.717) is 29.9 Å². The highest BCUT2D eigenvalue weighted by Gasteiger charge is 2.38. The molecule has 6 bridgehead atoms. The van der Waals surface area contributed by atoms with Gasteiger partial charge >= 0.3 is 18.2 Å². The van der Waals surface area contributed by atoms with Crippen molar-refractivity contribution in [1.82, 2.24) is 20.2 Å². The van der Waals surface area contributed by atoms with Crippen LogP contribution in [0.3, 0.4) is 0 Å². The molecule has 2 aromatic carbocycles. The fraction of sp³-hybridized carbons (Fsp3) is 0.406. The summed E-state index contributed by atoms with van der Waals surface area (Å²) in [6.45, 7) is 1.13. The molecule has 11 nitrogen and oxygen atoms in total. The van der Waals surface area contributed by atoms with Crippen LogP contribution in [0.2, 0.25) is 5.02 Å². The van der Waals surface area contributed by atoms with Crippen molar-refractivity contribution in [2.45, 2.75) is 63.6 Å². The quantitative estimate of drug-likeness (QED) is 0.208. The zero-order valence-corrected chi connectivity index (χ0v) is 26.1. The summed E-state index contributed by atoms with van der Waals surface area (Å²) < 4.78 is 31.7. The zero-order valence-electron chi connectivity index (χ0n) is 25.4. The lowest BCUT2D eigenvalue weighted by Crippen LogP contribution is -2.49. The van der Waals surface area contributed by atoms with Gasteiger partial charge in [-0.1, -0.05) is 36.6 Å². The molecule has 2 aliphatic heterocycles. The summed E-state index contributed by atoms with van der Waals surface area (Å²) in [4.78, 5) is 45.9. The van der Waals surface area contributed by atoms with Crippen LogP contribution in [0.1, 0.15) is 49.7 Å². The molecule has 3 heterocycles. The SMILES string of the molecule is O=C(Nc1ccc2cc1CCc1cccc(c1)Nc1ncc(Cl)c(n1)N2)C1CCCN(C(=O)NC2CCCC2)C1.O=C(O)C(F)(F)F. The number of nitrogens with one attached hydrogen (secondary N) is 4. The maximum atomic E-state index is 13.5. The summed E-state index contributed by atoms with van der Waals surface area (Å²) >= 11 is 6.40. The lowest BCUT2D eigenvalue weighted by molar-refractivity contribution is -0.192. The molecule has 1 unspecified atom stereocenters. The minimum absolute atomic E-state index is 0.0406. The van der Waals surface area contributed by atoms with Gasteiger partial charge in [0, 0.05) is 36.2 Å². The number of amides is 3. The summed E-state index contributed by atoms with van der Waals surface area (Å²) in [5.41, 5.74) is 4.65. The highest BCUT2D eigenvalue weighted by Crippen LogP contribution is 2.30. The maximum Gasteiger partial charge on any atom is 0.490 e. The van der Waals surface area contributed by atoms with E-state index in [2.05, 4.69) is 43.4 Å². The van der Waals surface area contributed by atoms with E-state index in [9.17, 15) is 22.8 Å². The second kappa shape index (κ2) is 14.9. The third kappa shape index (κ3) is 9.24. The number of alkyl halides is 3. The van der Waals surface area contributed by atoms with Gasteiger partial charge in [0.1, 0.15) is 5.02 Å². The van der Waals surface area contributed by atoms with Crippen LogP contribution in [0.25, 0.3) is 0 Å². The lowest BCUT2D eigenvalue weighted by atomic mass is 9.96. The Hall–Kier alpha value is -4.59. The first-order valence-corrected chi connectivity index (χ1v) is 15.8. The zero-order chi connectivity index (χ0) is 33.6. The van der Waals surface area contributed by atoms with Gasteiger partial charge in [0.15, 0.2) is 5.82 Å². The van der Waals surface area contributed by atoms with E-state index in [1.54, 1.807) is 6.20 Å². The van der Waals surface area contributed by atoms with Gasteiger partial charge in [-0.2, -0.15) is 18.2 Å². The minimum atomic E-state index is -5.08. The number of benzene rings is 2. The molecular formula is C32H35ClF3N7O4. The van der Waals surface area contributed by atoms with E-state index in [-0.39, 0.29) is 23.9 Å². The van der Waals surface area contributed by atoms with Crippen LogP contribution in [0.5, 0.6) is 0 Å². The van der Waals surface area contributed by atoms with Crippen LogP contribution >= 0.6 is 11.6 Å². The molecule has 0 spiro atoms. The molecule has 15 heteroatoms. The maximum absolute atomic E-state index is 13.5. The number of piperidine rings is 1. The summed E-state index contributed by atoms with van der Waals surface area (Å²) in [6.07, 6.45) is 4.01. The molecule has 1 aliphatic carbocycles. The van der Waals surface area contributed by atoms with Crippen molar-refractivity contribution in [3.05, 3.63) is 64.8 Å². The molecular weight excluding hydrogens is 639 g/mol. The van der Waals surface area contributed by atoms with Gasteiger partial charge in [-0.25, -0.2) is 14.6 Å². The van der Waals surface area contributed by atoms with E-state index >= 15 is 0 Å². The largest absolute Gasteiger partial charge is 0.490 e. The van der Waals surface area contributed by atoms with Crippen molar-refractivity contribution in [1.29, 1.82) is 0 Å². The van der Waals surface area contributed by atoms with Gasteiger partial charge in [0.2, 0.25) is 11.9 Å². The van der Waals surface area contributed by atoms with E-state index < -0.39 is 12.1 Å². The van der Waals surface area contributed by atoms with Crippen LogP contribution in [0.15, 0.2) is 48.7 Å². The topological polar surface area (TPSA) is 149 Å². The number of urea groups is 1. The molecule has 5 N–H and O–H groups in total. The number of aliphatic carboxylic acids is 1. The van der Waals surface area contributed by atoms with Crippen molar-refractivity contribution < 1.29 is 32.7 Å². The number of anilines is 5. The normalized spacial score (nSPS) is 17.7. The van der Waals surface area contributed by atoms with E-state index in [4.69, 9.17) is 21.5 Å². The minimum Gasteiger partial charge on any atom is -0.475 e. The first-order valence-electron chi connectivity index (χ1n) is 15.4. The number of hydrogen-bond donors (Lipinski definition) is 5. The first-order chi connectivity index (χ1) is 22.4. The monoisotopic (exact) mass is 673 g/mol. The lowest BCUT2D eigenvalue weighted by Gasteiger charge is -2.33. The first kappa shape index (κ1) is 33.8. The second-order valence-electron chi connectivity index (χ2n) is 11.7. The van der Waals surface area contributed by atoms with Crippen molar-refractivity contribution in [2.24, 2.45) is 5.92 Å². The number of aryl methyl sites for hydroxylation is 2. The van der Waals surface area contributed by atoms with Gasteiger partial charge in [0.25, 0.3) is 0 Å². The van der Waals surface area contributed by atoms with Crippen molar-refractivity contribution >= 4 is 58.3 Å². The number of carboxylic acids is 1. The van der Waals surface area contributed by atoms with Gasteiger partial charge in [0.05, 0.1) is 12.1 Å². The Morgan fingerprint density at radius 3 is 2.47 bits per heavy atom. The number of halogens is 4.